The van der Waals surface area contributed by atoms with E-state index in [4.69, 9.17) is 5.73 Å². The lowest BCUT2D eigenvalue weighted by atomic mass is 9.97. The van der Waals surface area contributed by atoms with Crippen LogP contribution in [0.4, 0.5) is 0 Å². The molecule has 102 valence electrons. The van der Waals surface area contributed by atoms with Crippen LogP contribution >= 0.6 is 0 Å². The highest BCUT2D eigenvalue weighted by atomic mass is 15.1. The summed E-state index contributed by atoms with van der Waals surface area (Å²) in [6.07, 6.45) is 8.12. The maximum absolute atomic E-state index is 6.37. The molecule has 1 saturated carbocycles. The molecule has 2 nitrogen and oxygen atoms in total. The summed E-state index contributed by atoms with van der Waals surface area (Å²) in [6, 6.07) is 0.409. The van der Waals surface area contributed by atoms with E-state index in [2.05, 4.69) is 25.7 Å². The molecule has 0 aliphatic heterocycles. The number of nitrogens with two attached hydrogens (primary N) is 1. The molecule has 0 saturated heterocycles. The molecule has 1 unspecified atom stereocenters. The van der Waals surface area contributed by atoms with E-state index < -0.39 is 0 Å². The molecule has 0 aromatic rings. The molecule has 1 rings (SSSR count). The van der Waals surface area contributed by atoms with Crippen molar-refractivity contribution in [2.24, 2.45) is 17.6 Å². The third-order valence-corrected chi connectivity index (χ3v) is 4.59. The highest BCUT2D eigenvalue weighted by molar-refractivity contribution is 4.81. The van der Waals surface area contributed by atoms with Gasteiger partial charge in [0.15, 0.2) is 0 Å². The van der Waals surface area contributed by atoms with Gasteiger partial charge in [-0.05, 0) is 31.2 Å². The van der Waals surface area contributed by atoms with E-state index in [1.54, 1.807) is 0 Å². The summed E-state index contributed by atoms with van der Waals surface area (Å²) in [7, 11) is 0. The number of hydrogen-bond acceptors (Lipinski definition) is 2. The molecule has 0 spiro atoms. The summed E-state index contributed by atoms with van der Waals surface area (Å²) in [5, 5.41) is 0. The first kappa shape index (κ1) is 15.0. The van der Waals surface area contributed by atoms with Gasteiger partial charge in [0.05, 0.1) is 0 Å². The Morgan fingerprint density at radius 3 is 2.12 bits per heavy atom. The summed E-state index contributed by atoms with van der Waals surface area (Å²) >= 11 is 0. The lowest BCUT2D eigenvalue weighted by Gasteiger charge is -2.30. The van der Waals surface area contributed by atoms with Crippen LogP contribution in [0.1, 0.15) is 59.3 Å². The molecule has 0 heterocycles. The maximum atomic E-state index is 6.37. The zero-order valence-corrected chi connectivity index (χ0v) is 12.1. The predicted octanol–water partition coefficient (Wildman–Crippen LogP) is 3.26. The zero-order chi connectivity index (χ0) is 12.7. The predicted molar refractivity (Wildman–Crippen MR) is 76.1 cm³/mol. The second-order valence-corrected chi connectivity index (χ2v) is 5.74. The van der Waals surface area contributed by atoms with Gasteiger partial charge in [-0.25, -0.2) is 0 Å². The molecule has 1 aliphatic rings. The standard InChI is InChI=1S/C15H32N2/c1-4-13(5-2)11-17(6-3)12-15(16)14-9-7-8-10-14/h13-15H,4-12,16H2,1-3H3. The fraction of sp³-hybridized carbons (Fsp3) is 1.00. The van der Waals surface area contributed by atoms with Crippen LogP contribution < -0.4 is 5.73 Å². The van der Waals surface area contributed by atoms with Crippen molar-refractivity contribution in [2.45, 2.75) is 65.3 Å². The van der Waals surface area contributed by atoms with Crippen LogP contribution in [0.3, 0.4) is 0 Å². The Balaban J connectivity index is 2.34. The topological polar surface area (TPSA) is 29.3 Å². The Labute approximate surface area is 108 Å². The van der Waals surface area contributed by atoms with E-state index in [1.165, 1.54) is 45.1 Å². The molecule has 1 aliphatic carbocycles. The second-order valence-electron chi connectivity index (χ2n) is 5.74. The quantitative estimate of drug-likeness (QED) is 0.705. The van der Waals surface area contributed by atoms with E-state index in [0.717, 1.165) is 24.9 Å². The summed E-state index contributed by atoms with van der Waals surface area (Å²) in [5.74, 6) is 1.65. The van der Waals surface area contributed by atoms with Gasteiger partial charge in [0.25, 0.3) is 0 Å². The molecule has 0 bridgehead atoms. The van der Waals surface area contributed by atoms with Crippen molar-refractivity contribution < 1.29 is 0 Å². The van der Waals surface area contributed by atoms with Crippen LogP contribution in [0, 0.1) is 11.8 Å². The first-order valence-corrected chi connectivity index (χ1v) is 7.69. The van der Waals surface area contributed by atoms with Crippen molar-refractivity contribution in [1.82, 2.24) is 4.90 Å². The number of rotatable bonds is 8. The molecular formula is C15H32N2. The zero-order valence-electron chi connectivity index (χ0n) is 12.1. The molecule has 1 atom stereocenters. The van der Waals surface area contributed by atoms with Crippen LogP contribution in [0.2, 0.25) is 0 Å². The molecule has 2 heteroatoms. The highest BCUT2D eigenvalue weighted by Crippen LogP contribution is 2.27. The lowest BCUT2D eigenvalue weighted by molar-refractivity contribution is 0.202. The third kappa shape index (κ3) is 4.97. The maximum Gasteiger partial charge on any atom is 0.0196 e. The van der Waals surface area contributed by atoms with Crippen molar-refractivity contribution in [3.63, 3.8) is 0 Å². The summed E-state index contributed by atoms with van der Waals surface area (Å²) in [4.78, 5) is 2.57. The van der Waals surface area contributed by atoms with Crippen molar-refractivity contribution in [1.29, 1.82) is 0 Å². The molecule has 17 heavy (non-hydrogen) atoms. The van der Waals surface area contributed by atoms with Gasteiger partial charge >= 0.3 is 0 Å². The monoisotopic (exact) mass is 240 g/mol. The Morgan fingerprint density at radius 1 is 1.06 bits per heavy atom. The van der Waals surface area contributed by atoms with Crippen LogP contribution in [-0.4, -0.2) is 30.6 Å². The van der Waals surface area contributed by atoms with Gasteiger partial charge in [-0.15, -0.1) is 0 Å². The first-order chi connectivity index (χ1) is 8.21. The van der Waals surface area contributed by atoms with Crippen LogP contribution in [0.5, 0.6) is 0 Å². The molecule has 2 N–H and O–H groups in total. The molecule has 0 amide bonds. The van der Waals surface area contributed by atoms with Gasteiger partial charge < -0.3 is 10.6 Å². The van der Waals surface area contributed by atoms with E-state index in [9.17, 15) is 0 Å². The minimum atomic E-state index is 0.409. The minimum Gasteiger partial charge on any atom is -0.326 e. The van der Waals surface area contributed by atoms with Gasteiger partial charge in [-0.1, -0.05) is 46.5 Å². The molecule has 0 aromatic carbocycles. The first-order valence-electron chi connectivity index (χ1n) is 7.69. The summed E-state index contributed by atoms with van der Waals surface area (Å²) in [6.45, 7) is 10.4. The SMILES string of the molecule is CCC(CC)CN(CC)CC(N)C1CCCC1. The van der Waals surface area contributed by atoms with Crippen molar-refractivity contribution >= 4 is 0 Å². The van der Waals surface area contributed by atoms with Crippen LogP contribution in [-0.2, 0) is 0 Å². The number of likely N-dealkylation sites (N-methyl/N-ethyl adjacent to an activating group) is 1. The molecule has 0 aromatic heterocycles. The van der Waals surface area contributed by atoms with Crippen LogP contribution in [0.15, 0.2) is 0 Å². The second kappa shape index (κ2) is 8.10. The van der Waals surface area contributed by atoms with Gasteiger partial charge in [0, 0.05) is 19.1 Å². The summed E-state index contributed by atoms with van der Waals surface area (Å²) < 4.78 is 0. The average Bonchev–Trinajstić information content (AvgIpc) is 2.88. The Morgan fingerprint density at radius 2 is 1.65 bits per heavy atom. The molecule has 0 radical (unpaired) electrons. The van der Waals surface area contributed by atoms with Crippen molar-refractivity contribution in [3.8, 4) is 0 Å². The van der Waals surface area contributed by atoms with Crippen LogP contribution in [0.25, 0.3) is 0 Å². The molecular weight excluding hydrogens is 208 g/mol. The van der Waals surface area contributed by atoms with Gasteiger partial charge in [0.1, 0.15) is 0 Å². The van der Waals surface area contributed by atoms with Gasteiger partial charge in [0.2, 0.25) is 0 Å². The Kier molecular flexibility index (Phi) is 7.14. The van der Waals surface area contributed by atoms with Gasteiger partial charge in [-0.2, -0.15) is 0 Å². The van der Waals surface area contributed by atoms with Crippen molar-refractivity contribution in [3.05, 3.63) is 0 Å². The fourth-order valence-corrected chi connectivity index (χ4v) is 3.08. The highest BCUT2D eigenvalue weighted by Gasteiger charge is 2.23. The molecule has 1 fully saturated rings. The van der Waals surface area contributed by atoms with E-state index in [0.29, 0.717) is 6.04 Å². The number of hydrogen-bond donors (Lipinski definition) is 1. The van der Waals surface area contributed by atoms with E-state index in [-0.39, 0.29) is 0 Å². The largest absolute Gasteiger partial charge is 0.326 e. The Hall–Kier alpha value is -0.0800. The Bertz CT molecular complexity index is 183. The normalized spacial score (nSPS) is 19.4. The minimum absolute atomic E-state index is 0.409. The average molecular weight is 240 g/mol. The summed E-state index contributed by atoms with van der Waals surface area (Å²) in [5.41, 5.74) is 6.37. The number of nitrogens with zero attached hydrogens (tertiary/aromatic N) is 1. The van der Waals surface area contributed by atoms with Gasteiger partial charge in [-0.3, -0.25) is 0 Å². The third-order valence-electron chi connectivity index (χ3n) is 4.59. The van der Waals surface area contributed by atoms with Crippen molar-refractivity contribution in [2.75, 3.05) is 19.6 Å². The van der Waals surface area contributed by atoms with E-state index in [1.807, 2.05) is 0 Å². The van der Waals surface area contributed by atoms with E-state index >= 15 is 0 Å². The lowest BCUT2D eigenvalue weighted by Crippen LogP contribution is -2.43. The fourth-order valence-electron chi connectivity index (χ4n) is 3.08. The smallest absolute Gasteiger partial charge is 0.0196 e.